The molecule has 17 heavy (non-hydrogen) atoms. The van der Waals surface area contributed by atoms with Gasteiger partial charge in [-0.05, 0) is 7.05 Å². The number of alkyl halides is 4. The van der Waals surface area contributed by atoms with Crippen molar-refractivity contribution in [3.05, 3.63) is 11.6 Å². The molecule has 0 fully saturated rings. The fraction of sp³-hybridized carbons (Fsp3) is 0.600. The second-order valence-corrected chi connectivity index (χ2v) is 4.08. The molecule has 0 aromatic heterocycles. The van der Waals surface area contributed by atoms with Gasteiger partial charge >= 0.3 is 6.18 Å². The minimum absolute atomic E-state index is 0.0415. The predicted octanol–water partition coefficient (Wildman–Crippen LogP) is 1.29. The highest BCUT2D eigenvalue weighted by atomic mass is 35.5. The van der Waals surface area contributed by atoms with Crippen molar-refractivity contribution in [1.82, 2.24) is 4.90 Å². The van der Waals surface area contributed by atoms with Crippen molar-refractivity contribution in [1.29, 1.82) is 0 Å². The number of likely N-dealkylation sites (N-methyl/N-ethyl adjacent to an activating group) is 1. The summed E-state index contributed by atoms with van der Waals surface area (Å²) in [4.78, 5) is 1.21. The molecule has 0 spiro atoms. The van der Waals surface area contributed by atoms with E-state index in [2.05, 4.69) is 5.92 Å². The first-order valence-corrected chi connectivity index (χ1v) is 5.18. The number of nitrogens with zero attached hydrogens (tertiary/aromatic N) is 1. The normalized spacial score (nSPS) is 30.9. The van der Waals surface area contributed by atoms with E-state index in [-0.39, 0.29) is 6.61 Å². The van der Waals surface area contributed by atoms with Crippen LogP contribution in [0.4, 0.5) is 13.2 Å². The Hall–Kier alpha value is -0.740. The van der Waals surface area contributed by atoms with Gasteiger partial charge in [-0.3, -0.25) is 4.90 Å². The van der Waals surface area contributed by atoms with E-state index in [1.807, 2.05) is 0 Å². The number of halogens is 4. The van der Waals surface area contributed by atoms with Crippen LogP contribution in [0.15, 0.2) is 11.6 Å². The molecule has 7 heteroatoms. The maximum Gasteiger partial charge on any atom is 0.415 e. The molecular formula is C10H12ClF3N2O. The third-order valence-electron chi connectivity index (χ3n) is 2.43. The van der Waals surface area contributed by atoms with Gasteiger partial charge in [-0.25, -0.2) is 0 Å². The average Bonchev–Trinajstić information content (AvgIpc) is 2.22. The molecule has 3 atom stereocenters. The zero-order valence-corrected chi connectivity index (χ0v) is 9.79. The van der Waals surface area contributed by atoms with E-state index in [0.29, 0.717) is 0 Å². The van der Waals surface area contributed by atoms with Crippen LogP contribution in [0.3, 0.4) is 0 Å². The molecule has 0 aromatic carbocycles. The van der Waals surface area contributed by atoms with Crippen LogP contribution in [0.25, 0.3) is 0 Å². The number of terminal acetylenes is 1. The van der Waals surface area contributed by atoms with Crippen LogP contribution < -0.4 is 5.73 Å². The van der Waals surface area contributed by atoms with Crippen LogP contribution in [-0.4, -0.2) is 42.5 Å². The second-order valence-electron chi connectivity index (χ2n) is 3.58. The van der Waals surface area contributed by atoms with Crippen LogP contribution in [0, 0.1) is 12.3 Å². The van der Waals surface area contributed by atoms with Gasteiger partial charge in [-0.15, -0.1) is 18.0 Å². The summed E-state index contributed by atoms with van der Waals surface area (Å²) in [7, 11) is 1.40. The third kappa shape index (κ3) is 3.13. The van der Waals surface area contributed by atoms with Crippen molar-refractivity contribution in [3.8, 4) is 12.3 Å². The topological polar surface area (TPSA) is 38.5 Å². The molecule has 1 aliphatic heterocycles. The summed E-state index contributed by atoms with van der Waals surface area (Å²) in [5, 5.41) is -0.954. The Balaban J connectivity index is 2.93. The molecule has 0 radical (unpaired) electrons. The first-order valence-electron chi connectivity index (χ1n) is 4.74. The second kappa shape index (κ2) is 5.27. The van der Waals surface area contributed by atoms with Gasteiger partial charge in [-0.1, -0.05) is 12.0 Å². The molecule has 0 saturated heterocycles. The van der Waals surface area contributed by atoms with Gasteiger partial charge < -0.3 is 10.5 Å². The van der Waals surface area contributed by atoms with Gasteiger partial charge in [0, 0.05) is 0 Å². The van der Waals surface area contributed by atoms with E-state index >= 15 is 0 Å². The molecule has 96 valence electrons. The molecule has 1 rings (SSSR count). The van der Waals surface area contributed by atoms with Crippen molar-refractivity contribution in [3.63, 3.8) is 0 Å². The first-order chi connectivity index (χ1) is 7.79. The Kier molecular flexibility index (Phi) is 4.44. The maximum atomic E-state index is 12.6. The summed E-state index contributed by atoms with van der Waals surface area (Å²) in [6.45, 7) is -0.0415. The minimum atomic E-state index is -4.50. The quantitative estimate of drug-likeness (QED) is 0.466. The highest BCUT2D eigenvalue weighted by molar-refractivity contribution is 6.22. The highest BCUT2D eigenvalue weighted by Gasteiger charge is 2.45. The molecule has 0 amide bonds. The van der Waals surface area contributed by atoms with E-state index in [1.165, 1.54) is 11.9 Å². The summed E-state index contributed by atoms with van der Waals surface area (Å²) >= 11 is 5.81. The molecule has 3 nitrogen and oxygen atoms in total. The lowest BCUT2D eigenvalue weighted by Crippen LogP contribution is -2.56. The summed E-state index contributed by atoms with van der Waals surface area (Å²) < 4.78 is 43.0. The van der Waals surface area contributed by atoms with Gasteiger partial charge in [0.2, 0.25) is 0 Å². The number of rotatable bonds is 2. The summed E-state index contributed by atoms with van der Waals surface area (Å²) in [5.74, 6) is 2.22. The summed E-state index contributed by atoms with van der Waals surface area (Å²) in [6, 6.07) is 0. The van der Waals surface area contributed by atoms with Gasteiger partial charge in [0.25, 0.3) is 0 Å². The number of nitrogens with two attached hydrogens (primary N) is 1. The van der Waals surface area contributed by atoms with Crippen LogP contribution in [0.5, 0.6) is 0 Å². The summed E-state index contributed by atoms with van der Waals surface area (Å²) in [5.41, 5.74) is 4.61. The standard InChI is InChI=1S/C10H12ClF3N2O/c1-3-4-17-9-7(11)5-6(10(12,13)14)8(15)16(9)2/h1,5,7-9H,4,15H2,2H3. The fourth-order valence-electron chi connectivity index (χ4n) is 1.56. The zero-order chi connectivity index (χ0) is 13.2. The molecule has 1 heterocycles. The molecule has 0 saturated carbocycles. The Labute approximate surface area is 102 Å². The minimum Gasteiger partial charge on any atom is -0.349 e. The fourth-order valence-corrected chi connectivity index (χ4v) is 1.95. The van der Waals surface area contributed by atoms with Crippen LogP contribution in [0.2, 0.25) is 0 Å². The van der Waals surface area contributed by atoms with E-state index in [0.717, 1.165) is 6.08 Å². The monoisotopic (exact) mass is 268 g/mol. The lowest BCUT2D eigenvalue weighted by atomic mass is 10.1. The first kappa shape index (κ1) is 14.3. The zero-order valence-electron chi connectivity index (χ0n) is 9.04. The van der Waals surface area contributed by atoms with Gasteiger partial charge in [0.1, 0.15) is 12.8 Å². The van der Waals surface area contributed by atoms with Gasteiger partial charge in [-0.2, -0.15) is 13.2 Å². The average molecular weight is 269 g/mol. The van der Waals surface area contributed by atoms with Crippen molar-refractivity contribution in [2.24, 2.45) is 5.73 Å². The number of hydrogen-bond acceptors (Lipinski definition) is 3. The Morgan fingerprint density at radius 2 is 2.24 bits per heavy atom. The molecular weight excluding hydrogens is 257 g/mol. The smallest absolute Gasteiger partial charge is 0.349 e. The van der Waals surface area contributed by atoms with Crippen LogP contribution >= 0.6 is 11.6 Å². The predicted molar refractivity (Wildman–Crippen MR) is 58.1 cm³/mol. The molecule has 1 aliphatic rings. The van der Waals surface area contributed by atoms with E-state index < -0.39 is 29.5 Å². The van der Waals surface area contributed by atoms with Gasteiger partial charge in [0.05, 0.1) is 17.1 Å². The number of hydrogen-bond donors (Lipinski definition) is 1. The Morgan fingerprint density at radius 3 is 2.71 bits per heavy atom. The van der Waals surface area contributed by atoms with Crippen molar-refractivity contribution in [2.75, 3.05) is 13.7 Å². The van der Waals surface area contributed by atoms with E-state index in [9.17, 15) is 13.2 Å². The van der Waals surface area contributed by atoms with E-state index in [4.69, 9.17) is 28.5 Å². The number of ether oxygens (including phenoxy) is 1. The van der Waals surface area contributed by atoms with Crippen molar-refractivity contribution < 1.29 is 17.9 Å². The van der Waals surface area contributed by atoms with Crippen molar-refractivity contribution in [2.45, 2.75) is 23.9 Å². The lowest BCUT2D eigenvalue weighted by Gasteiger charge is -2.39. The van der Waals surface area contributed by atoms with Crippen molar-refractivity contribution >= 4 is 11.6 Å². The maximum absolute atomic E-state index is 12.6. The summed E-state index contributed by atoms with van der Waals surface area (Å²) in [6.07, 6.45) is -0.711. The SMILES string of the molecule is C#CCOC1C(Cl)C=C(C(F)(F)F)C(N)N1C. The Bertz CT molecular complexity index is 350. The van der Waals surface area contributed by atoms with E-state index in [1.54, 1.807) is 0 Å². The molecule has 0 bridgehead atoms. The molecule has 0 aliphatic carbocycles. The molecule has 3 unspecified atom stereocenters. The third-order valence-corrected chi connectivity index (χ3v) is 2.78. The molecule has 0 aromatic rings. The van der Waals surface area contributed by atoms with Crippen LogP contribution in [0.1, 0.15) is 0 Å². The molecule has 2 N–H and O–H groups in total. The Morgan fingerprint density at radius 1 is 1.65 bits per heavy atom. The van der Waals surface area contributed by atoms with Gasteiger partial charge in [0.15, 0.2) is 0 Å². The highest BCUT2D eigenvalue weighted by Crippen LogP contribution is 2.34. The van der Waals surface area contributed by atoms with Crippen LogP contribution in [-0.2, 0) is 4.74 Å². The lowest BCUT2D eigenvalue weighted by molar-refractivity contribution is -0.118. The largest absolute Gasteiger partial charge is 0.415 e.